The van der Waals surface area contributed by atoms with Crippen LogP contribution in [0.3, 0.4) is 0 Å². The average Bonchev–Trinajstić information content (AvgIpc) is 2.81. The van der Waals surface area contributed by atoms with E-state index in [0.717, 1.165) is 0 Å². The molecule has 0 aromatic heterocycles. The molecule has 0 bridgehead atoms. The molecule has 0 aliphatic heterocycles. The molecule has 15 nitrogen and oxygen atoms in total. The first-order chi connectivity index (χ1) is 19.0. The van der Waals surface area contributed by atoms with Crippen LogP contribution in [0.1, 0.15) is 90.0 Å². The molecule has 0 aromatic carbocycles. The number of rotatable bonds is 14. The van der Waals surface area contributed by atoms with Gasteiger partial charge in [0.05, 0.1) is 21.7 Å². The highest BCUT2D eigenvalue weighted by molar-refractivity contribution is 7.73. The molecule has 252 valence electrons. The lowest BCUT2D eigenvalue weighted by Crippen LogP contribution is -2.33. The summed E-state index contributed by atoms with van der Waals surface area (Å²) in [7, 11) is -10.5. The number of carbonyl (C=O) groups excluding carboxylic acids is 4. The Morgan fingerprint density at radius 3 is 0.744 bits per heavy atom. The Labute approximate surface area is 253 Å². The Bertz CT molecular complexity index is 930. The second kappa shape index (κ2) is 14.9. The summed E-state index contributed by atoms with van der Waals surface area (Å²) in [5, 5.41) is 8.21. The lowest BCUT2D eigenvalue weighted by atomic mass is 9.98. The molecule has 0 atom stereocenters. The Hall–Kier alpha value is -1.86. The second-order valence-electron chi connectivity index (χ2n) is 13.7. The standard InChI is InChI=1S/C26H48O15P2/c1-22(2,3)18(27)34-14-38-42(32,39-15-35-19(28)23(4,5)6)26(13,31)43(33,40-16-36-20(29)24(7,8)9)41-17-37-21(30)25(10,11)12/h31H,14-17H2,1-13H3. The zero-order chi connectivity index (χ0) is 34.3. The van der Waals surface area contributed by atoms with Crippen molar-refractivity contribution in [2.75, 3.05) is 27.2 Å². The van der Waals surface area contributed by atoms with Crippen LogP contribution in [0.2, 0.25) is 0 Å². The van der Waals surface area contributed by atoms with Gasteiger partial charge in [-0.2, -0.15) is 0 Å². The maximum Gasteiger partial charge on any atom is 0.380 e. The maximum atomic E-state index is 14.0. The SMILES string of the molecule is CC(C)(C)C(=O)OCOP(=O)(OCOC(=O)C(C)(C)C)C(C)(O)P(=O)(OCOC(=O)C(C)(C)C)OCOC(=O)C(C)(C)C. The summed E-state index contributed by atoms with van der Waals surface area (Å²) in [4.78, 5) is 48.9. The van der Waals surface area contributed by atoms with Gasteiger partial charge in [-0.1, -0.05) is 0 Å². The fourth-order valence-corrected chi connectivity index (χ4v) is 5.96. The van der Waals surface area contributed by atoms with Gasteiger partial charge in [0, 0.05) is 0 Å². The lowest BCUT2D eigenvalue weighted by Gasteiger charge is -2.35. The number of esters is 4. The first-order valence-corrected chi connectivity index (χ1v) is 16.3. The third kappa shape index (κ3) is 12.6. The van der Waals surface area contributed by atoms with E-state index in [4.69, 9.17) is 37.0 Å². The van der Waals surface area contributed by atoms with Crippen LogP contribution >= 0.6 is 15.2 Å². The van der Waals surface area contributed by atoms with Gasteiger partial charge < -0.3 is 24.1 Å². The minimum Gasteiger partial charge on any atom is -0.438 e. The highest BCUT2D eigenvalue weighted by Gasteiger charge is 2.63. The Balaban J connectivity index is 6.41. The van der Waals surface area contributed by atoms with E-state index in [9.17, 15) is 33.4 Å². The van der Waals surface area contributed by atoms with Crippen molar-refractivity contribution in [3.63, 3.8) is 0 Å². The minimum atomic E-state index is -5.25. The van der Waals surface area contributed by atoms with Gasteiger partial charge in [-0.3, -0.25) is 46.4 Å². The van der Waals surface area contributed by atoms with Crippen molar-refractivity contribution in [3.8, 4) is 0 Å². The molecule has 0 saturated carbocycles. The van der Waals surface area contributed by atoms with Crippen LogP contribution in [0, 0.1) is 21.7 Å². The predicted molar refractivity (Wildman–Crippen MR) is 152 cm³/mol. The molecule has 1 N–H and O–H groups in total. The molecule has 0 rings (SSSR count). The Kier molecular flexibility index (Phi) is 14.3. The molecule has 0 heterocycles. The van der Waals surface area contributed by atoms with Gasteiger partial charge in [0.15, 0.2) is 0 Å². The summed E-state index contributed by atoms with van der Waals surface area (Å²) in [6, 6.07) is 0. The fourth-order valence-electron chi connectivity index (χ4n) is 2.18. The zero-order valence-corrected chi connectivity index (χ0v) is 29.2. The molecular formula is C26H48O15P2. The second-order valence-corrected chi connectivity index (χ2v) is 18.8. The van der Waals surface area contributed by atoms with E-state index in [2.05, 4.69) is 0 Å². The zero-order valence-electron chi connectivity index (χ0n) is 27.4. The minimum absolute atomic E-state index is 0.683. The van der Waals surface area contributed by atoms with Crippen LogP contribution in [0.25, 0.3) is 0 Å². The van der Waals surface area contributed by atoms with Crippen LogP contribution in [0.5, 0.6) is 0 Å². The van der Waals surface area contributed by atoms with Crippen LogP contribution in [0.15, 0.2) is 0 Å². The molecule has 0 saturated heterocycles. The first kappa shape index (κ1) is 41.1. The van der Waals surface area contributed by atoms with Crippen LogP contribution < -0.4 is 0 Å². The first-order valence-electron chi connectivity index (χ1n) is 13.2. The monoisotopic (exact) mass is 662 g/mol. The average molecular weight is 663 g/mol. The molecule has 0 unspecified atom stereocenters. The molecular weight excluding hydrogens is 614 g/mol. The van der Waals surface area contributed by atoms with Crippen molar-refractivity contribution < 1.29 is 70.5 Å². The van der Waals surface area contributed by atoms with Crippen LogP contribution in [-0.4, -0.2) is 61.2 Å². The topological polar surface area (TPSA) is 196 Å². The molecule has 0 spiro atoms. The number of hydrogen-bond acceptors (Lipinski definition) is 15. The summed E-state index contributed by atoms with van der Waals surface area (Å²) in [6.45, 7) is 14.7. The van der Waals surface area contributed by atoms with Crippen LogP contribution in [-0.2, 0) is 65.4 Å². The van der Waals surface area contributed by atoms with Crippen LogP contribution in [0.4, 0.5) is 0 Å². The van der Waals surface area contributed by atoms with Crippen molar-refractivity contribution >= 4 is 39.1 Å². The van der Waals surface area contributed by atoms with Crippen molar-refractivity contribution in [3.05, 3.63) is 0 Å². The predicted octanol–water partition coefficient (Wildman–Crippen LogP) is 5.29. The van der Waals surface area contributed by atoms with E-state index >= 15 is 0 Å². The quantitative estimate of drug-likeness (QED) is 0.109. The van der Waals surface area contributed by atoms with E-state index in [-0.39, 0.29) is 0 Å². The number of aliphatic hydroxyl groups is 1. The Morgan fingerprint density at radius 1 is 0.442 bits per heavy atom. The summed E-state index contributed by atoms with van der Waals surface area (Å²) in [5.74, 6) is -3.18. The molecule has 0 aromatic rings. The molecule has 17 heteroatoms. The number of ether oxygens (including phenoxy) is 4. The summed E-state index contributed by atoms with van der Waals surface area (Å²) in [6.07, 6.45) is 0. The molecule has 0 radical (unpaired) electrons. The molecule has 0 aliphatic rings. The Morgan fingerprint density at radius 2 is 0.605 bits per heavy atom. The molecule has 0 amide bonds. The van der Waals surface area contributed by atoms with Gasteiger partial charge in [-0.15, -0.1) is 0 Å². The molecule has 0 fully saturated rings. The summed E-state index contributed by atoms with van der Waals surface area (Å²) < 4.78 is 68.4. The lowest BCUT2D eigenvalue weighted by molar-refractivity contribution is -0.163. The van der Waals surface area contributed by atoms with Crippen molar-refractivity contribution in [1.82, 2.24) is 0 Å². The largest absolute Gasteiger partial charge is 0.438 e. The summed E-state index contributed by atoms with van der Waals surface area (Å²) in [5.41, 5.74) is -4.02. The van der Waals surface area contributed by atoms with E-state index in [1.807, 2.05) is 0 Å². The third-order valence-corrected chi connectivity index (χ3v) is 10.5. The van der Waals surface area contributed by atoms with Gasteiger partial charge in [0.1, 0.15) is 0 Å². The van der Waals surface area contributed by atoms with E-state index < -0.39 is 93.0 Å². The molecule has 0 aliphatic carbocycles. The van der Waals surface area contributed by atoms with E-state index in [1.54, 1.807) is 0 Å². The van der Waals surface area contributed by atoms with Gasteiger partial charge >= 0.3 is 39.1 Å². The van der Waals surface area contributed by atoms with Gasteiger partial charge in [-0.05, 0) is 90.0 Å². The van der Waals surface area contributed by atoms with Gasteiger partial charge in [0.25, 0.3) is 5.08 Å². The smallest absolute Gasteiger partial charge is 0.380 e. The van der Waals surface area contributed by atoms with Gasteiger partial charge in [-0.25, -0.2) is 0 Å². The molecule has 43 heavy (non-hydrogen) atoms. The summed E-state index contributed by atoms with van der Waals surface area (Å²) >= 11 is 0. The van der Waals surface area contributed by atoms with Gasteiger partial charge in [0.2, 0.25) is 27.2 Å². The number of carbonyl (C=O) groups is 4. The fraction of sp³-hybridized carbons (Fsp3) is 0.846. The number of hydrogen-bond donors (Lipinski definition) is 1. The van der Waals surface area contributed by atoms with E-state index in [1.165, 1.54) is 83.1 Å². The van der Waals surface area contributed by atoms with E-state index in [0.29, 0.717) is 6.92 Å². The normalized spacial score (nSPS) is 13.7. The van der Waals surface area contributed by atoms with Crippen molar-refractivity contribution in [2.24, 2.45) is 21.7 Å². The maximum absolute atomic E-state index is 14.0. The highest BCUT2D eigenvalue weighted by atomic mass is 31.2. The van der Waals surface area contributed by atoms with Crippen molar-refractivity contribution in [2.45, 2.75) is 95.1 Å². The third-order valence-electron chi connectivity index (χ3n) is 5.14. The van der Waals surface area contributed by atoms with Crippen molar-refractivity contribution in [1.29, 1.82) is 0 Å². The highest BCUT2D eigenvalue weighted by Crippen LogP contribution is 2.76.